The Morgan fingerprint density at radius 2 is 1.79 bits per heavy atom. The number of benzene rings is 1. The van der Waals surface area contributed by atoms with Crippen LogP contribution in [0.3, 0.4) is 0 Å². The van der Waals surface area contributed by atoms with Crippen LogP contribution < -0.4 is 16.1 Å². The van der Waals surface area contributed by atoms with Crippen LogP contribution in [-0.4, -0.2) is 58.9 Å². The maximum atomic E-state index is 12.1. The second kappa shape index (κ2) is 9.26. The van der Waals surface area contributed by atoms with E-state index in [2.05, 4.69) is 22.5 Å². The molecule has 0 aliphatic rings. The predicted molar refractivity (Wildman–Crippen MR) is 81.7 cm³/mol. The number of amides is 3. The summed E-state index contributed by atoms with van der Waals surface area (Å²) in [4.78, 5) is 35.0. The Kier molecular flexibility index (Phi) is 7.38. The summed E-state index contributed by atoms with van der Waals surface area (Å²) in [7, 11) is 1.28. The number of carbonyl (C=O) groups is 3. The number of hydroxylamine groups is 1. The van der Waals surface area contributed by atoms with Crippen LogP contribution in [0.25, 0.3) is 0 Å². The van der Waals surface area contributed by atoms with Crippen LogP contribution in [0.15, 0.2) is 24.3 Å². The van der Waals surface area contributed by atoms with E-state index >= 15 is 0 Å². The highest BCUT2D eigenvalue weighted by atomic mass is 16.5. The van der Waals surface area contributed by atoms with Crippen molar-refractivity contribution >= 4 is 17.7 Å². The van der Waals surface area contributed by atoms with Gasteiger partial charge in [0.1, 0.15) is 6.10 Å². The Hall–Kier alpha value is -2.93. The maximum absolute atomic E-state index is 12.1. The van der Waals surface area contributed by atoms with Gasteiger partial charge < -0.3 is 20.8 Å². The monoisotopic (exact) mass is 335 g/mol. The van der Waals surface area contributed by atoms with Crippen LogP contribution in [0.4, 0.5) is 0 Å². The van der Waals surface area contributed by atoms with Gasteiger partial charge in [-0.05, 0) is 24.3 Å². The second-order valence-electron chi connectivity index (χ2n) is 4.54. The van der Waals surface area contributed by atoms with Gasteiger partial charge in [-0.25, -0.2) is 5.48 Å². The number of rotatable bonds is 5. The number of likely N-dealkylation sites (N-methyl/N-ethyl adjacent to an activating group) is 1. The number of aliphatic hydroxyl groups is 2. The first kappa shape index (κ1) is 19.1. The molecule has 9 nitrogen and oxygen atoms in total. The molecule has 0 spiro atoms. The Morgan fingerprint density at radius 3 is 2.29 bits per heavy atom. The van der Waals surface area contributed by atoms with E-state index in [4.69, 9.17) is 15.4 Å². The summed E-state index contributed by atoms with van der Waals surface area (Å²) in [5.41, 5.74) is 1.95. The molecule has 3 amide bonds. The van der Waals surface area contributed by atoms with E-state index in [9.17, 15) is 14.4 Å². The molecule has 0 aliphatic carbocycles. The van der Waals surface area contributed by atoms with Crippen LogP contribution in [0, 0.1) is 11.8 Å². The zero-order valence-corrected chi connectivity index (χ0v) is 12.7. The standard InChI is InChI=1S/C15H17N3O6/c1-16-14(22)12(15(23)18-24)17-13(21)10-5-2-9(3-6-10)4-7-11(20)8-19/h2-3,5-6,11-12,19-20,24H,8H2,1H3,(H,16,22)(H,17,21)(H,18,23). The number of nitrogens with one attached hydrogen (secondary N) is 3. The summed E-state index contributed by atoms with van der Waals surface area (Å²) in [6, 6.07) is 4.21. The van der Waals surface area contributed by atoms with Gasteiger partial charge in [0.2, 0.25) is 0 Å². The minimum absolute atomic E-state index is 0.155. The molecule has 0 radical (unpaired) electrons. The van der Waals surface area contributed by atoms with Gasteiger partial charge in [-0.1, -0.05) is 11.8 Å². The lowest BCUT2D eigenvalue weighted by atomic mass is 10.1. The average Bonchev–Trinajstić information content (AvgIpc) is 2.62. The molecule has 0 aromatic heterocycles. The fraction of sp³-hybridized carbons (Fsp3) is 0.267. The van der Waals surface area contributed by atoms with Crippen LogP contribution in [0.1, 0.15) is 15.9 Å². The van der Waals surface area contributed by atoms with E-state index in [0.717, 1.165) is 0 Å². The lowest BCUT2D eigenvalue weighted by Crippen LogP contribution is -2.54. The lowest BCUT2D eigenvalue weighted by Gasteiger charge is -2.15. The Labute approximate surface area is 137 Å². The zero-order chi connectivity index (χ0) is 18.1. The summed E-state index contributed by atoms with van der Waals surface area (Å²) >= 11 is 0. The number of hydrogen-bond acceptors (Lipinski definition) is 6. The molecule has 0 saturated carbocycles. The fourth-order valence-electron chi connectivity index (χ4n) is 1.59. The van der Waals surface area contributed by atoms with Crippen molar-refractivity contribution in [1.29, 1.82) is 0 Å². The van der Waals surface area contributed by atoms with Gasteiger partial charge in [-0.15, -0.1) is 0 Å². The van der Waals surface area contributed by atoms with Gasteiger partial charge in [0.15, 0.2) is 6.04 Å². The smallest absolute Gasteiger partial charge is 0.275 e. The summed E-state index contributed by atoms with van der Waals surface area (Å²) < 4.78 is 0. The first-order chi connectivity index (χ1) is 11.4. The van der Waals surface area contributed by atoms with E-state index in [1.54, 1.807) is 0 Å². The molecule has 0 bridgehead atoms. The molecular weight excluding hydrogens is 318 g/mol. The quantitative estimate of drug-likeness (QED) is 0.155. The van der Waals surface area contributed by atoms with E-state index in [-0.39, 0.29) is 5.56 Å². The molecule has 128 valence electrons. The fourth-order valence-corrected chi connectivity index (χ4v) is 1.59. The third-order valence-electron chi connectivity index (χ3n) is 2.86. The molecule has 24 heavy (non-hydrogen) atoms. The minimum Gasteiger partial charge on any atom is -0.393 e. The van der Waals surface area contributed by atoms with E-state index in [0.29, 0.717) is 5.56 Å². The molecule has 2 atom stereocenters. The lowest BCUT2D eigenvalue weighted by molar-refractivity contribution is -0.137. The summed E-state index contributed by atoms with van der Waals surface area (Å²) in [6.45, 7) is -0.485. The van der Waals surface area contributed by atoms with Crippen LogP contribution in [-0.2, 0) is 9.59 Å². The largest absolute Gasteiger partial charge is 0.393 e. The van der Waals surface area contributed by atoms with Crippen molar-refractivity contribution in [2.45, 2.75) is 12.1 Å². The molecule has 0 heterocycles. The topological polar surface area (TPSA) is 148 Å². The van der Waals surface area contributed by atoms with Crippen LogP contribution in [0.2, 0.25) is 0 Å². The summed E-state index contributed by atoms with van der Waals surface area (Å²) in [5, 5.41) is 30.8. The van der Waals surface area contributed by atoms with Crippen LogP contribution >= 0.6 is 0 Å². The highest BCUT2D eigenvalue weighted by molar-refractivity contribution is 6.08. The third-order valence-corrected chi connectivity index (χ3v) is 2.86. The number of carbonyl (C=O) groups excluding carboxylic acids is 3. The minimum atomic E-state index is -1.59. The molecule has 2 unspecified atom stereocenters. The predicted octanol–water partition coefficient (Wildman–Crippen LogP) is -2.26. The first-order valence-electron chi connectivity index (χ1n) is 6.79. The normalized spacial score (nSPS) is 12.2. The Bertz CT molecular complexity index is 646. The van der Waals surface area contributed by atoms with Crippen molar-refractivity contribution in [3.63, 3.8) is 0 Å². The van der Waals surface area contributed by atoms with Crippen molar-refractivity contribution < 1.29 is 29.8 Å². The third kappa shape index (κ3) is 5.36. The van der Waals surface area contributed by atoms with E-state index in [1.807, 2.05) is 0 Å². The molecule has 0 aliphatic heterocycles. The molecular formula is C15H17N3O6. The molecule has 9 heteroatoms. The van der Waals surface area contributed by atoms with Crippen molar-refractivity contribution in [2.24, 2.45) is 0 Å². The van der Waals surface area contributed by atoms with Gasteiger partial charge in [0.25, 0.3) is 17.7 Å². The highest BCUT2D eigenvalue weighted by Gasteiger charge is 2.27. The molecule has 1 aromatic rings. The van der Waals surface area contributed by atoms with Crippen molar-refractivity contribution in [3.05, 3.63) is 35.4 Å². The summed E-state index contributed by atoms with van der Waals surface area (Å²) in [6.07, 6.45) is -1.15. The van der Waals surface area contributed by atoms with Crippen molar-refractivity contribution in [3.8, 4) is 11.8 Å². The Morgan fingerprint density at radius 1 is 1.17 bits per heavy atom. The highest BCUT2D eigenvalue weighted by Crippen LogP contribution is 2.04. The average molecular weight is 335 g/mol. The number of hydrogen-bond donors (Lipinski definition) is 6. The first-order valence-corrected chi connectivity index (χ1v) is 6.79. The van der Waals surface area contributed by atoms with Gasteiger partial charge >= 0.3 is 0 Å². The van der Waals surface area contributed by atoms with Gasteiger partial charge in [-0.2, -0.15) is 0 Å². The van der Waals surface area contributed by atoms with Gasteiger partial charge in [0, 0.05) is 18.2 Å². The van der Waals surface area contributed by atoms with Gasteiger partial charge in [-0.3, -0.25) is 19.6 Å². The maximum Gasteiger partial charge on any atom is 0.275 e. The van der Waals surface area contributed by atoms with Crippen molar-refractivity contribution in [1.82, 2.24) is 16.1 Å². The molecule has 1 aromatic carbocycles. The molecule has 0 saturated heterocycles. The van der Waals surface area contributed by atoms with Crippen LogP contribution in [0.5, 0.6) is 0 Å². The Balaban J connectivity index is 2.85. The van der Waals surface area contributed by atoms with E-state index < -0.39 is 36.5 Å². The molecule has 6 N–H and O–H groups in total. The second-order valence-corrected chi connectivity index (χ2v) is 4.54. The van der Waals surface area contributed by atoms with Gasteiger partial charge in [0.05, 0.1) is 6.61 Å². The molecule has 0 fully saturated rings. The number of aliphatic hydroxyl groups excluding tert-OH is 2. The SMILES string of the molecule is CNC(=O)C(NC(=O)c1ccc(C#CC(O)CO)cc1)C(=O)NO. The van der Waals surface area contributed by atoms with E-state index in [1.165, 1.54) is 36.8 Å². The summed E-state index contributed by atoms with van der Waals surface area (Å²) in [5.74, 6) is 2.42. The molecule has 1 rings (SSSR count). The van der Waals surface area contributed by atoms with Crippen molar-refractivity contribution in [2.75, 3.05) is 13.7 Å². The zero-order valence-electron chi connectivity index (χ0n) is 12.7.